The van der Waals surface area contributed by atoms with Gasteiger partial charge >= 0.3 is 5.69 Å². The number of hydrogen-bond acceptors (Lipinski definition) is 3. The molecule has 1 fully saturated rings. The summed E-state index contributed by atoms with van der Waals surface area (Å²) in [6, 6.07) is 12.2. The molecule has 7 heteroatoms. The van der Waals surface area contributed by atoms with E-state index in [1.54, 1.807) is 30.3 Å². The monoisotopic (exact) mass is 353 g/mol. The molecule has 0 radical (unpaired) electrons. The highest BCUT2D eigenvalue weighted by atomic mass is 19.1. The quantitative estimate of drug-likeness (QED) is 0.774. The van der Waals surface area contributed by atoms with Crippen LogP contribution in [-0.2, 0) is 11.3 Å². The van der Waals surface area contributed by atoms with Gasteiger partial charge in [0.15, 0.2) is 0 Å². The Labute approximate surface area is 147 Å². The number of halogens is 1. The Morgan fingerprint density at radius 3 is 2.50 bits per heavy atom. The fourth-order valence-corrected chi connectivity index (χ4v) is 2.96. The van der Waals surface area contributed by atoms with Gasteiger partial charge in [-0.25, -0.2) is 13.8 Å². The largest absolute Gasteiger partial charge is 0.352 e. The van der Waals surface area contributed by atoms with Crippen LogP contribution in [-0.4, -0.2) is 21.1 Å². The van der Waals surface area contributed by atoms with Crippen LogP contribution in [0.2, 0.25) is 0 Å². The van der Waals surface area contributed by atoms with E-state index in [-0.39, 0.29) is 29.6 Å². The number of nitrogens with one attached hydrogen (secondary N) is 1. The second-order valence-corrected chi connectivity index (χ2v) is 6.32. The lowest BCUT2D eigenvalue weighted by Gasteiger charge is -2.14. The molecule has 1 aromatic heterocycles. The van der Waals surface area contributed by atoms with Crippen LogP contribution in [0.4, 0.5) is 4.39 Å². The Morgan fingerprint density at radius 1 is 1.08 bits per heavy atom. The first-order valence-corrected chi connectivity index (χ1v) is 8.35. The van der Waals surface area contributed by atoms with Gasteiger partial charge in [0.05, 0.1) is 16.6 Å². The highest BCUT2D eigenvalue weighted by Gasteiger charge is 2.24. The van der Waals surface area contributed by atoms with Crippen LogP contribution in [0.3, 0.4) is 0 Å². The van der Waals surface area contributed by atoms with Crippen molar-refractivity contribution >= 4 is 16.8 Å². The lowest BCUT2D eigenvalue weighted by atomic mass is 10.2. The third kappa shape index (κ3) is 2.81. The van der Waals surface area contributed by atoms with Crippen molar-refractivity contribution in [3.8, 4) is 5.69 Å². The lowest BCUT2D eigenvalue weighted by Crippen LogP contribution is -2.42. The highest BCUT2D eigenvalue weighted by molar-refractivity contribution is 5.82. The van der Waals surface area contributed by atoms with E-state index in [0.29, 0.717) is 5.52 Å². The fourth-order valence-electron chi connectivity index (χ4n) is 2.96. The zero-order valence-corrected chi connectivity index (χ0v) is 13.8. The zero-order valence-electron chi connectivity index (χ0n) is 13.8. The van der Waals surface area contributed by atoms with Crippen molar-refractivity contribution in [2.24, 2.45) is 0 Å². The van der Waals surface area contributed by atoms with Crippen LogP contribution in [0, 0.1) is 5.82 Å². The van der Waals surface area contributed by atoms with E-state index >= 15 is 0 Å². The van der Waals surface area contributed by atoms with Crippen molar-refractivity contribution in [1.82, 2.24) is 14.5 Å². The third-order valence-electron chi connectivity index (χ3n) is 4.39. The number of carbonyl (C=O) groups excluding carboxylic acids is 1. The van der Waals surface area contributed by atoms with Gasteiger partial charge < -0.3 is 5.32 Å². The Balaban J connectivity index is 1.95. The van der Waals surface area contributed by atoms with Gasteiger partial charge in [-0.1, -0.05) is 24.3 Å². The van der Waals surface area contributed by atoms with Gasteiger partial charge in [0.1, 0.15) is 12.4 Å². The molecular formula is C19H16FN3O3. The van der Waals surface area contributed by atoms with Gasteiger partial charge in [-0.3, -0.25) is 14.2 Å². The zero-order chi connectivity index (χ0) is 18.3. The Kier molecular flexibility index (Phi) is 3.91. The normalized spacial score (nSPS) is 13.7. The van der Waals surface area contributed by atoms with Crippen molar-refractivity contribution in [2.45, 2.75) is 25.4 Å². The molecule has 0 saturated heterocycles. The van der Waals surface area contributed by atoms with E-state index in [4.69, 9.17) is 0 Å². The minimum atomic E-state index is -0.746. The topological polar surface area (TPSA) is 73.1 Å². The van der Waals surface area contributed by atoms with E-state index in [2.05, 4.69) is 5.32 Å². The fraction of sp³-hybridized carbons (Fsp3) is 0.211. The molecule has 6 nitrogen and oxygen atoms in total. The summed E-state index contributed by atoms with van der Waals surface area (Å²) in [6.45, 7) is -0.232. The van der Waals surface area contributed by atoms with Gasteiger partial charge in [0.2, 0.25) is 5.91 Å². The first-order chi connectivity index (χ1) is 12.6. The molecule has 1 aliphatic carbocycles. The Morgan fingerprint density at radius 2 is 1.77 bits per heavy atom. The van der Waals surface area contributed by atoms with Gasteiger partial charge in [0.25, 0.3) is 5.56 Å². The number of amides is 1. The smallest absolute Gasteiger partial charge is 0.336 e. The first-order valence-electron chi connectivity index (χ1n) is 8.35. The van der Waals surface area contributed by atoms with Crippen LogP contribution < -0.4 is 16.6 Å². The summed E-state index contributed by atoms with van der Waals surface area (Å²) in [7, 11) is 0. The van der Waals surface area contributed by atoms with Crippen LogP contribution >= 0.6 is 0 Å². The van der Waals surface area contributed by atoms with Crippen molar-refractivity contribution in [2.75, 3.05) is 0 Å². The molecule has 0 bridgehead atoms. The summed E-state index contributed by atoms with van der Waals surface area (Å²) in [4.78, 5) is 38.0. The summed E-state index contributed by atoms with van der Waals surface area (Å²) < 4.78 is 16.2. The molecule has 0 spiro atoms. The second-order valence-electron chi connectivity index (χ2n) is 6.32. The minimum Gasteiger partial charge on any atom is -0.352 e. The maximum absolute atomic E-state index is 14.2. The van der Waals surface area contributed by atoms with Crippen molar-refractivity contribution < 1.29 is 9.18 Å². The number of aromatic nitrogens is 2. The van der Waals surface area contributed by atoms with E-state index in [0.717, 1.165) is 17.4 Å². The average molecular weight is 353 g/mol. The lowest BCUT2D eigenvalue weighted by molar-refractivity contribution is -0.121. The number of nitrogens with zero attached hydrogens (tertiary/aromatic N) is 2. The molecule has 3 aromatic rings. The molecule has 2 aromatic carbocycles. The van der Waals surface area contributed by atoms with Crippen molar-refractivity contribution in [1.29, 1.82) is 0 Å². The van der Waals surface area contributed by atoms with E-state index in [1.165, 1.54) is 22.8 Å². The molecule has 26 heavy (non-hydrogen) atoms. The molecule has 1 aliphatic rings. The number of fused-ring (bicyclic) bond motifs is 1. The maximum atomic E-state index is 14.2. The Hall–Kier alpha value is -3.22. The van der Waals surface area contributed by atoms with Crippen LogP contribution in [0.5, 0.6) is 0 Å². The van der Waals surface area contributed by atoms with E-state index in [9.17, 15) is 18.8 Å². The molecule has 0 unspecified atom stereocenters. The molecule has 1 saturated carbocycles. The minimum absolute atomic E-state index is 0.135. The first kappa shape index (κ1) is 16.3. The van der Waals surface area contributed by atoms with Gasteiger partial charge in [-0.2, -0.15) is 0 Å². The predicted octanol–water partition coefficient (Wildman–Crippen LogP) is 1.57. The second kappa shape index (κ2) is 6.25. The maximum Gasteiger partial charge on any atom is 0.336 e. The van der Waals surface area contributed by atoms with E-state index in [1.807, 2.05) is 0 Å². The summed E-state index contributed by atoms with van der Waals surface area (Å²) in [5, 5.41) is 3.06. The Bertz CT molecular complexity index is 1130. The number of benzene rings is 2. The molecule has 1 heterocycles. The predicted molar refractivity (Wildman–Crippen MR) is 94.9 cm³/mol. The van der Waals surface area contributed by atoms with Crippen molar-refractivity contribution in [3.05, 3.63) is 75.2 Å². The summed E-state index contributed by atoms with van der Waals surface area (Å²) >= 11 is 0. The van der Waals surface area contributed by atoms with Crippen LogP contribution in [0.15, 0.2) is 58.1 Å². The molecule has 1 N–H and O–H groups in total. The number of carbonyl (C=O) groups is 1. The average Bonchev–Trinajstić information content (AvgIpc) is 3.44. The van der Waals surface area contributed by atoms with E-state index < -0.39 is 17.1 Å². The van der Waals surface area contributed by atoms with Crippen molar-refractivity contribution in [3.63, 3.8) is 0 Å². The summed E-state index contributed by atoms with van der Waals surface area (Å²) in [6.07, 6.45) is 1.85. The molecular weight excluding hydrogens is 337 g/mol. The van der Waals surface area contributed by atoms with Gasteiger partial charge in [-0.15, -0.1) is 0 Å². The highest BCUT2D eigenvalue weighted by Crippen LogP contribution is 2.18. The summed E-state index contributed by atoms with van der Waals surface area (Å²) in [5.74, 6) is -0.991. The SMILES string of the molecule is O=C(Cn1c(=O)n(-c2ccccc2F)c(=O)c2ccccc21)NC1CC1. The number of para-hydroxylation sites is 2. The summed E-state index contributed by atoms with van der Waals surface area (Å²) in [5.41, 5.74) is -1.15. The van der Waals surface area contributed by atoms with Crippen LogP contribution in [0.25, 0.3) is 16.6 Å². The van der Waals surface area contributed by atoms with Crippen LogP contribution in [0.1, 0.15) is 12.8 Å². The van der Waals surface area contributed by atoms with Gasteiger partial charge in [-0.05, 0) is 37.1 Å². The standard InChI is InChI=1S/C19H16FN3O3/c20-14-6-2-4-8-16(14)23-18(25)13-5-1-3-7-15(13)22(19(23)26)11-17(24)21-12-9-10-12/h1-8,12H,9-11H2,(H,21,24). The van der Waals surface area contributed by atoms with Gasteiger partial charge in [0, 0.05) is 6.04 Å². The molecule has 1 amide bonds. The molecule has 0 atom stereocenters. The number of rotatable bonds is 4. The molecule has 132 valence electrons. The number of hydrogen-bond donors (Lipinski definition) is 1. The third-order valence-corrected chi connectivity index (χ3v) is 4.39. The molecule has 4 rings (SSSR count). The molecule has 0 aliphatic heterocycles.